The van der Waals surface area contributed by atoms with Crippen molar-refractivity contribution in [3.63, 3.8) is 0 Å². The molecule has 0 radical (unpaired) electrons. The number of carboxylic acid groups (broad SMARTS) is 1. The molecule has 4 nitrogen and oxygen atoms in total. The van der Waals surface area contributed by atoms with Crippen LogP contribution in [0.1, 0.15) is 46.2 Å². The molecule has 0 unspecified atom stereocenters. The number of nitrogens with one attached hydrogen (secondary N) is 1. The number of anilines is 1. The lowest BCUT2D eigenvalue weighted by Gasteiger charge is -2.09. The van der Waals surface area contributed by atoms with Crippen LogP contribution in [0.25, 0.3) is 30.4 Å². The molecule has 2 N–H and O–H groups in total. The van der Waals surface area contributed by atoms with Gasteiger partial charge in [-0.2, -0.15) is 5.26 Å². The molecule has 0 saturated carbocycles. The molecule has 0 aliphatic heterocycles. The number of hydrogen-bond donors (Lipinski definition) is 2. The highest BCUT2D eigenvalue weighted by Gasteiger charge is 2.10. The van der Waals surface area contributed by atoms with Crippen molar-refractivity contribution < 1.29 is 18.7 Å². The summed E-state index contributed by atoms with van der Waals surface area (Å²) in [5.74, 6) is -2.47. The summed E-state index contributed by atoms with van der Waals surface area (Å²) in [5, 5.41) is 20.6. The fourth-order valence-electron chi connectivity index (χ4n) is 3.16. The second-order valence-electron chi connectivity index (χ2n) is 7.69. The van der Waals surface area contributed by atoms with E-state index in [-0.39, 0.29) is 11.3 Å². The largest absolute Gasteiger partial charge is 0.477 e. The maximum Gasteiger partial charge on any atom is 0.346 e. The molecule has 178 valence electrons. The monoisotopic (exact) mass is 490 g/mol. The molecule has 7 heteroatoms. The minimum absolute atomic E-state index is 0.0898. The van der Waals surface area contributed by atoms with Crippen LogP contribution in [0.5, 0.6) is 0 Å². The van der Waals surface area contributed by atoms with Crippen LogP contribution in [0, 0.1) is 23.0 Å². The van der Waals surface area contributed by atoms with Gasteiger partial charge in [0, 0.05) is 16.3 Å². The number of rotatable bonds is 10. The summed E-state index contributed by atoms with van der Waals surface area (Å²) in [5.41, 5.74) is 1.88. The van der Waals surface area contributed by atoms with Gasteiger partial charge in [0.05, 0.1) is 0 Å². The van der Waals surface area contributed by atoms with Crippen molar-refractivity contribution in [2.24, 2.45) is 0 Å². The van der Waals surface area contributed by atoms with E-state index in [0.717, 1.165) is 28.8 Å². The van der Waals surface area contributed by atoms with E-state index in [2.05, 4.69) is 5.32 Å². The topological polar surface area (TPSA) is 73.1 Å². The zero-order valence-corrected chi connectivity index (χ0v) is 19.9. The molecule has 2 aromatic carbocycles. The number of hydrogen-bond acceptors (Lipinski definition) is 4. The Morgan fingerprint density at radius 3 is 2.11 bits per heavy atom. The van der Waals surface area contributed by atoms with Crippen LogP contribution in [-0.2, 0) is 4.79 Å². The number of carbonyl (C=O) groups is 1. The first-order valence-corrected chi connectivity index (χ1v) is 11.9. The second-order valence-corrected chi connectivity index (χ2v) is 8.84. The van der Waals surface area contributed by atoms with E-state index in [1.807, 2.05) is 49.4 Å². The highest BCUT2D eigenvalue weighted by molar-refractivity contribution is 7.13. The lowest BCUT2D eigenvalue weighted by atomic mass is 10.1. The summed E-state index contributed by atoms with van der Waals surface area (Å²) >= 11 is 1.38. The highest BCUT2D eigenvalue weighted by Crippen LogP contribution is 2.23. The third-order valence-corrected chi connectivity index (χ3v) is 6.02. The van der Waals surface area contributed by atoms with Gasteiger partial charge in [-0.3, -0.25) is 0 Å². The molecule has 0 atom stereocenters. The molecule has 1 aromatic heterocycles. The van der Waals surface area contributed by atoms with Gasteiger partial charge in [0.1, 0.15) is 29.0 Å². The van der Waals surface area contributed by atoms with Crippen molar-refractivity contribution in [2.75, 3.05) is 11.9 Å². The Morgan fingerprint density at radius 1 is 0.971 bits per heavy atom. The first kappa shape index (κ1) is 25.6. The molecular formula is C28H24F2N2O2S. The fraction of sp³-hybridized carbons (Fsp3) is 0.143. The van der Waals surface area contributed by atoms with E-state index in [1.54, 1.807) is 24.3 Å². The number of carboxylic acids is 1. The van der Waals surface area contributed by atoms with Crippen LogP contribution in [0.2, 0.25) is 0 Å². The Balaban J connectivity index is 1.64. The summed E-state index contributed by atoms with van der Waals surface area (Å²) in [6.07, 6.45) is 10.4. The van der Waals surface area contributed by atoms with Gasteiger partial charge in [-0.05, 0) is 59.5 Å². The maximum atomic E-state index is 14.3. The number of nitriles is 1. The van der Waals surface area contributed by atoms with Gasteiger partial charge >= 0.3 is 5.97 Å². The Labute approximate surface area is 207 Å². The fourth-order valence-corrected chi connectivity index (χ4v) is 4.01. The van der Waals surface area contributed by atoms with Gasteiger partial charge in [0.25, 0.3) is 0 Å². The predicted molar refractivity (Wildman–Crippen MR) is 140 cm³/mol. The lowest BCUT2D eigenvalue weighted by Crippen LogP contribution is -2.05. The van der Waals surface area contributed by atoms with Gasteiger partial charge in [-0.1, -0.05) is 55.8 Å². The van der Waals surface area contributed by atoms with Gasteiger partial charge in [0.2, 0.25) is 0 Å². The summed E-state index contributed by atoms with van der Waals surface area (Å²) in [6.45, 7) is 2.54. The van der Waals surface area contributed by atoms with E-state index in [9.17, 15) is 13.6 Å². The van der Waals surface area contributed by atoms with Crippen LogP contribution in [-0.4, -0.2) is 17.6 Å². The van der Waals surface area contributed by atoms with Gasteiger partial charge in [-0.25, -0.2) is 13.6 Å². The molecule has 35 heavy (non-hydrogen) atoms. The first-order valence-electron chi connectivity index (χ1n) is 11.0. The van der Waals surface area contributed by atoms with Crippen molar-refractivity contribution in [3.05, 3.63) is 92.2 Å². The third-order valence-electron chi connectivity index (χ3n) is 5.03. The second kappa shape index (κ2) is 12.4. The minimum atomic E-state index is -1.25. The number of unbranched alkanes of at least 4 members (excludes halogenated alkanes) is 1. The average Bonchev–Trinajstić information content (AvgIpc) is 3.29. The zero-order chi connectivity index (χ0) is 25.2. The Hall–Kier alpha value is -4.02. The Morgan fingerprint density at radius 2 is 1.54 bits per heavy atom. The van der Waals surface area contributed by atoms with Crippen LogP contribution >= 0.6 is 11.3 Å². The zero-order valence-electron chi connectivity index (χ0n) is 19.1. The summed E-state index contributed by atoms with van der Waals surface area (Å²) in [6, 6.07) is 15.5. The molecule has 0 bridgehead atoms. The normalized spacial score (nSPS) is 11.8. The molecule has 0 amide bonds. The third kappa shape index (κ3) is 7.49. The SMILES string of the molecule is CCCCNc1c(F)cc(/C=C/c2ccc(/C=C/c3ccc(/C=C(\C#N)C(=O)O)s3)cc2)cc1F. The van der Waals surface area contributed by atoms with Crippen molar-refractivity contribution in [2.45, 2.75) is 19.8 Å². The van der Waals surface area contributed by atoms with E-state index >= 15 is 0 Å². The van der Waals surface area contributed by atoms with Crippen molar-refractivity contribution in [3.8, 4) is 6.07 Å². The quantitative estimate of drug-likeness (QED) is 0.133. The molecule has 1 heterocycles. The lowest BCUT2D eigenvalue weighted by molar-refractivity contribution is -0.132. The number of halogens is 2. The van der Waals surface area contributed by atoms with Crippen molar-refractivity contribution in [1.82, 2.24) is 0 Å². The predicted octanol–water partition coefficient (Wildman–Crippen LogP) is 7.57. The number of aliphatic carboxylic acids is 1. The van der Waals surface area contributed by atoms with E-state index in [0.29, 0.717) is 17.0 Å². The van der Waals surface area contributed by atoms with E-state index in [1.165, 1.54) is 29.5 Å². The number of nitrogens with zero attached hydrogens (tertiary/aromatic N) is 1. The van der Waals surface area contributed by atoms with Gasteiger partial charge in [-0.15, -0.1) is 11.3 Å². The number of benzene rings is 2. The first-order chi connectivity index (χ1) is 16.9. The number of thiophene rings is 1. The Bertz CT molecular complexity index is 1290. The van der Waals surface area contributed by atoms with Crippen LogP contribution in [0.4, 0.5) is 14.5 Å². The minimum Gasteiger partial charge on any atom is -0.477 e. The van der Waals surface area contributed by atoms with Crippen LogP contribution in [0.15, 0.2) is 54.1 Å². The van der Waals surface area contributed by atoms with Crippen LogP contribution in [0.3, 0.4) is 0 Å². The van der Waals surface area contributed by atoms with Gasteiger partial charge in [0.15, 0.2) is 0 Å². The standard InChI is InChI=1S/C28H24F2N2O2S/c1-2-3-14-32-27-25(29)15-21(16-26(27)30)9-8-19-4-6-20(7-5-19)10-11-23-12-13-24(35-23)17-22(18-31)28(33)34/h4-13,15-17,32H,2-3,14H2,1H3,(H,33,34)/b9-8+,11-10+,22-17+. The Kier molecular flexibility index (Phi) is 9.10. The molecule has 0 aliphatic rings. The molecular weight excluding hydrogens is 466 g/mol. The van der Waals surface area contributed by atoms with Crippen molar-refractivity contribution >= 4 is 53.4 Å². The average molecular weight is 491 g/mol. The molecule has 0 fully saturated rings. The molecule has 0 saturated heterocycles. The molecule has 3 rings (SSSR count). The van der Waals surface area contributed by atoms with Crippen molar-refractivity contribution in [1.29, 1.82) is 5.26 Å². The van der Waals surface area contributed by atoms with E-state index < -0.39 is 17.6 Å². The van der Waals surface area contributed by atoms with Gasteiger partial charge < -0.3 is 10.4 Å². The van der Waals surface area contributed by atoms with E-state index in [4.69, 9.17) is 10.4 Å². The summed E-state index contributed by atoms with van der Waals surface area (Å²) in [7, 11) is 0. The summed E-state index contributed by atoms with van der Waals surface area (Å²) < 4.78 is 28.5. The molecule has 0 aliphatic carbocycles. The highest BCUT2D eigenvalue weighted by atomic mass is 32.1. The smallest absolute Gasteiger partial charge is 0.346 e. The molecule has 3 aromatic rings. The maximum absolute atomic E-state index is 14.3. The van der Waals surface area contributed by atoms with Crippen LogP contribution < -0.4 is 5.32 Å². The summed E-state index contributed by atoms with van der Waals surface area (Å²) in [4.78, 5) is 12.6. The molecule has 0 spiro atoms.